The molecule has 42 heavy (non-hydrogen) atoms. The maximum Gasteiger partial charge on any atom is 0.275 e. The Labute approximate surface area is 241 Å². The van der Waals surface area contributed by atoms with E-state index >= 15 is 4.39 Å². The molecule has 0 radical (unpaired) electrons. The van der Waals surface area contributed by atoms with Gasteiger partial charge in [-0.1, -0.05) is 17.7 Å². The average Bonchev–Trinajstić information content (AvgIpc) is 3.46. The molecule has 6 rings (SSSR count). The first-order valence-electron chi connectivity index (χ1n) is 13.0. The van der Waals surface area contributed by atoms with Crippen LogP contribution in [-0.4, -0.2) is 43.1 Å². The van der Waals surface area contributed by atoms with Gasteiger partial charge in [0.05, 0.1) is 41.0 Å². The van der Waals surface area contributed by atoms with E-state index in [0.29, 0.717) is 17.8 Å². The number of hydrogen-bond donors (Lipinski definition) is 1. The molecule has 2 fully saturated rings. The van der Waals surface area contributed by atoms with Crippen molar-refractivity contribution in [2.45, 2.75) is 32.7 Å². The second-order valence-electron chi connectivity index (χ2n) is 10.3. The summed E-state index contributed by atoms with van der Waals surface area (Å²) in [7, 11) is 0. The minimum atomic E-state index is -3.02. The van der Waals surface area contributed by atoms with Crippen LogP contribution in [0.2, 0.25) is 5.02 Å². The second-order valence-corrected chi connectivity index (χ2v) is 10.7. The highest BCUT2D eigenvalue weighted by Crippen LogP contribution is 2.47. The van der Waals surface area contributed by atoms with Gasteiger partial charge >= 0.3 is 0 Å². The molecule has 2 aliphatic rings. The molecule has 0 bridgehead atoms. The highest BCUT2D eigenvalue weighted by Gasteiger charge is 2.53. The standard InChI is InChI=1S/C28H22ClF4N7O2/c1-12-17(6-20(30)26(36-12)39-10-14-5-18(14)28(39)42)13(2)40-11-15(7-35-40)37-27(41)22-9-34-8-21(38-22)23-16(25(32)33)3-4-19(29)24(23)31/h3-4,6-9,11,13-14,18,25H,5,10H2,1-2H3,(H,37,41)/t13-,14+,18+/m0/s1. The summed E-state index contributed by atoms with van der Waals surface area (Å²) in [6.07, 6.45) is 2.86. The zero-order valence-corrected chi connectivity index (χ0v) is 22.9. The Bertz CT molecular complexity index is 1750. The van der Waals surface area contributed by atoms with Crippen LogP contribution in [0, 0.1) is 30.4 Å². The Morgan fingerprint density at radius 2 is 1.93 bits per heavy atom. The van der Waals surface area contributed by atoms with Crippen LogP contribution < -0.4 is 10.2 Å². The maximum absolute atomic E-state index is 15.1. The van der Waals surface area contributed by atoms with Crippen LogP contribution >= 0.6 is 11.6 Å². The van der Waals surface area contributed by atoms with Gasteiger partial charge in [0.25, 0.3) is 12.3 Å². The summed E-state index contributed by atoms with van der Waals surface area (Å²) in [6, 6.07) is 2.85. The minimum absolute atomic E-state index is 0.0237. The Morgan fingerprint density at radius 1 is 1.14 bits per heavy atom. The summed E-state index contributed by atoms with van der Waals surface area (Å²) in [5, 5.41) is 6.46. The van der Waals surface area contributed by atoms with E-state index in [-0.39, 0.29) is 45.7 Å². The molecule has 1 aliphatic heterocycles. The van der Waals surface area contributed by atoms with Gasteiger partial charge in [-0.2, -0.15) is 5.10 Å². The van der Waals surface area contributed by atoms with Crippen molar-refractivity contribution in [2.24, 2.45) is 11.8 Å². The number of anilines is 2. The van der Waals surface area contributed by atoms with E-state index in [1.807, 2.05) is 0 Å². The van der Waals surface area contributed by atoms with E-state index in [2.05, 4.69) is 25.4 Å². The highest BCUT2D eigenvalue weighted by molar-refractivity contribution is 6.31. The number of carbonyl (C=O) groups is 2. The number of pyridine rings is 1. The lowest BCUT2D eigenvalue weighted by molar-refractivity contribution is -0.118. The molecular weight excluding hydrogens is 578 g/mol. The number of fused-ring (bicyclic) bond motifs is 1. The first-order valence-corrected chi connectivity index (χ1v) is 13.3. The summed E-state index contributed by atoms with van der Waals surface area (Å²) < 4.78 is 58.4. The van der Waals surface area contributed by atoms with E-state index < -0.39 is 41.1 Å². The number of carbonyl (C=O) groups excluding carboxylic acids is 2. The molecule has 3 aromatic heterocycles. The van der Waals surface area contributed by atoms with Gasteiger partial charge in [-0.3, -0.25) is 24.2 Å². The number of rotatable bonds is 7. The van der Waals surface area contributed by atoms with Crippen LogP contribution in [-0.2, 0) is 4.79 Å². The van der Waals surface area contributed by atoms with Crippen molar-refractivity contribution in [1.82, 2.24) is 24.7 Å². The Kier molecular flexibility index (Phi) is 6.92. The molecule has 1 aliphatic carbocycles. The van der Waals surface area contributed by atoms with E-state index in [0.717, 1.165) is 30.9 Å². The van der Waals surface area contributed by atoms with Crippen molar-refractivity contribution in [3.8, 4) is 11.3 Å². The largest absolute Gasteiger partial charge is 0.318 e. The summed E-state index contributed by atoms with van der Waals surface area (Å²) in [6.45, 7) is 3.96. The molecule has 0 unspecified atom stereocenters. The van der Waals surface area contributed by atoms with Crippen LogP contribution in [0.15, 0.2) is 43.0 Å². The smallest absolute Gasteiger partial charge is 0.275 e. The van der Waals surface area contributed by atoms with Crippen LogP contribution in [0.1, 0.15) is 53.1 Å². The predicted molar refractivity (Wildman–Crippen MR) is 144 cm³/mol. The molecular formula is C28H22ClF4N7O2. The number of aryl methyl sites for hydroxylation is 1. The third-order valence-electron chi connectivity index (χ3n) is 7.56. The number of hydrogen-bond acceptors (Lipinski definition) is 6. The molecule has 1 N–H and O–H groups in total. The van der Waals surface area contributed by atoms with Gasteiger partial charge in [-0.15, -0.1) is 0 Å². The Morgan fingerprint density at radius 3 is 2.64 bits per heavy atom. The molecule has 216 valence electrons. The maximum atomic E-state index is 15.1. The number of aromatic nitrogens is 5. The number of halogens is 5. The third kappa shape index (κ3) is 4.87. The van der Waals surface area contributed by atoms with Crippen molar-refractivity contribution < 1.29 is 27.2 Å². The average molecular weight is 600 g/mol. The van der Waals surface area contributed by atoms with Gasteiger partial charge in [0.1, 0.15) is 5.69 Å². The first kappa shape index (κ1) is 27.8. The number of alkyl halides is 2. The summed E-state index contributed by atoms with van der Waals surface area (Å²) in [5.74, 6) is -2.28. The lowest BCUT2D eigenvalue weighted by atomic mass is 10.0. The highest BCUT2D eigenvalue weighted by atomic mass is 35.5. The number of nitrogens with zero attached hydrogens (tertiary/aromatic N) is 6. The minimum Gasteiger partial charge on any atom is -0.318 e. The fourth-order valence-electron chi connectivity index (χ4n) is 5.22. The van der Waals surface area contributed by atoms with Crippen LogP contribution in [0.5, 0.6) is 0 Å². The molecule has 1 aromatic carbocycles. The van der Waals surface area contributed by atoms with Gasteiger partial charge in [0.2, 0.25) is 5.91 Å². The number of piperidine rings is 1. The van der Waals surface area contributed by atoms with E-state index in [9.17, 15) is 22.8 Å². The summed E-state index contributed by atoms with van der Waals surface area (Å²) >= 11 is 5.79. The first-order chi connectivity index (χ1) is 20.0. The molecule has 1 saturated carbocycles. The van der Waals surface area contributed by atoms with Gasteiger partial charge in [-0.25, -0.2) is 27.5 Å². The molecule has 2 amide bonds. The quantitative estimate of drug-likeness (QED) is 0.271. The number of nitrogens with one attached hydrogen (secondary N) is 1. The molecule has 3 atom stereocenters. The van der Waals surface area contributed by atoms with Crippen molar-refractivity contribution in [3.05, 3.63) is 82.2 Å². The van der Waals surface area contributed by atoms with Crippen molar-refractivity contribution >= 4 is 34.9 Å². The molecule has 4 aromatic rings. The van der Waals surface area contributed by atoms with Gasteiger partial charge < -0.3 is 5.32 Å². The monoisotopic (exact) mass is 599 g/mol. The fourth-order valence-corrected chi connectivity index (χ4v) is 5.37. The van der Waals surface area contributed by atoms with E-state index in [1.54, 1.807) is 13.8 Å². The van der Waals surface area contributed by atoms with Crippen LogP contribution in [0.3, 0.4) is 0 Å². The summed E-state index contributed by atoms with van der Waals surface area (Å²) in [4.78, 5) is 39.0. The third-order valence-corrected chi connectivity index (χ3v) is 7.85. The normalized spacial score (nSPS) is 18.4. The Balaban J connectivity index is 1.20. The van der Waals surface area contributed by atoms with Crippen LogP contribution in [0.4, 0.5) is 29.1 Å². The molecule has 14 heteroatoms. The predicted octanol–water partition coefficient (Wildman–Crippen LogP) is 5.76. The Hall–Kier alpha value is -4.39. The number of benzene rings is 1. The van der Waals surface area contributed by atoms with E-state index in [4.69, 9.17) is 11.6 Å². The molecule has 0 spiro atoms. The number of amides is 2. The molecule has 4 heterocycles. The molecule has 9 nitrogen and oxygen atoms in total. The summed E-state index contributed by atoms with van der Waals surface area (Å²) in [5.41, 5.74) is -0.428. The zero-order valence-electron chi connectivity index (χ0n) is 22.2. The van der Waals surface area contributed by atoms with E-state index in [1.165, 1.54) is 28.0 Å². The van der Waals surface area contributed by atoms with Crippen molar-refractivity contribution in [3.63, 3.8) is 0 Å². The zero-order chi connectivity index (χ0) is 29.9. The second kappa shape index (κ2) is 10.5. The lowest BCUT2D eigenvalue weighted by Crippen LogP contribution is -2.30. The van der Waals surface area contributed by atoms with Crippen molar-refractivity contribution in [2.75, 3.05) is 16.8 Å². The molecule has 1 saturated heterocycles. The van der Waals surface area contributed by atoms with Gasteiger partial charge in [-0.05, 0) is 38.3 Å². The topological polar surface area (TPSA) is 106 Å². The van der Waals surface area contributed by atoms with Crippen LogP contribution in [0.25, 0.3) is 11.3 Å². The lowest BCUT2D eigenvalue weighted by Gasteiger charge is -2.21. The van der Waals surface area contributed by atoms with Gasteiger partial charge in [0, 0.05) is 41.0 Å². The SMILES string of the molecule is Cc1nc(N2C[C@H]3C[C@H]3C2=O)c(F)cc1[C@H](C)n1cc(NC(=O)c2cncc(-c3c(C(F)F)ccc(Cl)c3F)n2)cn1. The fraction of sp³-hybridized carbons (Fsp3) is 0.286. The van der Waals surface area contributed by atoms with Gasteiger partial charge in [0.15, 0.2) is 17.5 Å². The van der Waals surface area contributed by atoms with Crippen molar-refractivity contribution in [1.29, 1.82) is 0 Å².